The molecule has 17 nitrogen and oxygen atoms in total. The molecule has 0 fully saturated rings. The lowest BCUT2D eigenvalue weighted by Gasteiger charge is -2.21. The topological polar surface area (TPSA) is 237 Å². The molecule has 0 spiro atoms. The number of phosphoric acid groups is 2. The Kier molecular flexibility index (Phi) is 80.4. The van der Waals surface area contributed by atoms with Crippen molar-refractivity contribution in [1.29, 1.82) is 0 Å². The fraction of sp³-hybridized carbons (Fsp3) is 0.957. The summed E-state index contributed by atoms with van der Waals surface area (Å²) in [5, 5.41) is 10.7. The molecular formula is C92H180O17P2. The number of esters is 4. The highest BCUT2D eigenvalue weighted by Crippen LogP contribution is 2.45. The number of unbranched alkanes of at least 4 members (excludes halogenated alkanes) is 58. The van der Waals surface area contributed by atoms with Crippen molar-refractivity contribution in [2.24, 2.45) is 17.8 Å². The number of aliphatic hydroxyl groups is 1. The number of hydrogen-bond donors (Lipinski definition) is 3. The second-order valence-electron chi connectivity index (χ2n) is 34.5. The van der Waals surface area contributed by atoms with Gasteiger partial charge in [0.15, 0.2) is 12.2 Å². The van der Waals surface area contributed by atoms with E-state index in [0.29, 0.717) is 31.6 Å². The predicted octanol–water partition coefficient (Wildman–Crippen LogP) is 28.4. The second kappa shape index (κ2) is 81.8. The Balaban J connectivity index is 5.21. The van der Waals surface area contributed by atoms with Crippen LogP contribution in [0.15, 0.2) is 0 Å². The fourth-order valence-corrected chi connectivity index (χ4v) is 16.0. The van der Waals surface area contributed by atoms with Crippen LogP contribution in [0.4, 0.5) is 0 Å². The normalized spacial score (nSPS) is 13.8. The van der Waals surface area contributed by atoms with Gasteiger partial charge in [-0.1, -0.05) is 440 Å². The molecule has 0 amide bonds. The van der Waals surface area contributed by atoms with Gasteiger partial charge in [0.1, 0.15) is 19.3 Å². The molecular weight excluding hydrogens is 1440 g/mol. The summed E-state index contributed by atoms with van der Waals surface area (Å²) in [6, 6.07) is 0. The minimum Gasteiger partial charge on any atom is -0.462 e. The Morgan fingerprint density at radius 2 is 0.414 bits per heavy atom. The minimum absolute atomic E-state index is 0.107. The first-order valence-corrected chi connectivity index (χ1v) is 50.3. The number of rotatable bonds is 90. The molecule has 0 heterocycles. The summed E-state index contributed by atoms with van der Waals surface area (Å²) in [6.45, 7) is 12.0. The maximum Gasteiger partial charge on any atom is 0.472 e. The van der Waals surface area contributed by atoms with Gasteiger partial charge < -0.3 is 33.8 Å². The molecule has 2 unspecified atom stereocenters. The minimum atomic E-state index is -4.97. The van der Waals surface area contributed by atoms with Crippen LogP contribution in [0.3, 0.4) is 0 Å². The lowest BCUT2D eigenvalue weighted by molar-refractivity contribution is -0.161. The van der Waals surface area contributed by atoms with Crippen molar-refractivity contribution in [1.82, 2.24) is 0 Å². The molecule has 0 aromatic rings. The SMILES string of the molecule is CCCCCCCCCCCCCCCCCCCCCCCC(=O)OC[C@H](COP(=O)(O)OC[C@@H](O)COP(=O)(O)OC[C@@H](COC(=O)CCCCCCCCCC(C)C)OC(=O)CCCCCCCCCCCCCCCCCCC(C)C)OC(=O)CCCCCCCCCCCCCCCCCCCCC(C)C. The lowest BCUT2D eigenvalue weighted by Crippen LogP contribution is -2.30. The van der Waals surface area contributed by atoms with Gasteiger partial charge in [0.2, 0.25) is 0 Å². The van der Waals surface area contributed by atoms with Crippen LogP contribution < -0.4 is 0 Å². The molecule has 0 bridgehead atoms. The van der Waals surface area contributed by atoms with Crippen molar-refractivity contribution in [3.63, 3.8) is 0 Å². The van der Waals surface area contributed by atoms with E-state index in [2.05, 4.69) is 48.5 Å². The molecule has 111 heavy (non-hydrogen) atoms. The largest absolute Gasteiger partial charge is 0.472 e. The molecule has 0 rings (SSSR count). The van der Waals surface area contributed by atoms with Crippen molar-refractivity contribution in [2.45, 2.75) is 510 Å². The van der Waals surface area contributed by atoms with E-state index in [-0.39, 0.29) is 25.7 Å². The van der Waals surface area contributed by atoms with Crippen LogP contribution in [0.5, 0.6) is 0 Å². The van der Waals surface area contributed by atoms with Gasteiger partial charge in [-0.15, -0.1) is 0 Å². The van der Waals surface area contributed by atoms with E-state index in [1.165, 1.54) is 295 Å². The third-order valence-corrected chi connectivity index (χ3v) is 23.5. The molecule has 0 aliphatic heterocycles. The number of aliphatic hydroxyl groups excluding tert-OH is 1. The molecule has 0 saturated heterocycles. The first kappa shape index (κ1) is 109. The average molecular weight is 1620 g/mol. The van der Waals surface area contributed by atoms with Gasteiger partial charge in [0, 0.05) is 25.7 Å². The van der Waals surface area contributed by atoms with Crippen molar-refractivity contribution in [3.05, 3.63) is 0 Å². The summed E-state index contributed by atoms with van der Waals surface area (Å²) in [5.41, 5.74) is 0. The van der Waals surface area contributed by atoms with Crippen LogP contribution in [-0.4, -0.2) is 96.7 Å². The van der Waals surface area contributed by atoms with Crippen LogP contribution in [0.1, 0.15) is 492 Å². The van der Waals surface area contributed by atoms with Gasteiger partial charge in [0.25, 0.3) is 0 Å². The van der Waals surface area contributed by atoms with Gasteiger partial charge in [-0.05, 0) is 43.4 Å². The molecule has 0 saturated carbocycles. The third-order valence-electron chi connectivity index (χ3n) is 21.6. The van der Waals surface area contributed by atoms with E-state index in [1.54, 1.807) is 0 Å². The third kappa shape index (κ3) is 85.8. The zero-order valence-electron chi connectivity index (χ0n) is 73.4. The first-order chi connectivity index (χ1) is 53.7. The summed E-state index contributed by atoms with van der Waals surface area (Å²) in [7, 11) is -9.94. The number of phosphoric ester groups is 2. The smallest absolute Gasteiger partial charge is 0.462 e. The molecule has 0 aliphatic rings. The van der Waals surface area contributed by atoms with Crippen LogP contribution in [0.2, 0.25) is 0 Å². The van der Waals surface area contributed by atoms with Crippen molar-refractivity contribution in [2.75, 3.05) is 39.6 Å². The Labute approximate surface area is 683 Å². The van der Waals surface area contributed by atoms with Crippen molar-refractivity contribution in [3.8, 4) is 0 Å². The van der Waals surface area contributed by atoms with E-state index in [1.807, 2.05) is 0 Å². The Morgan fingerprint density at radius 1 is 0.243 bits per heavy atom. The zero-order chi connectivity index (χ0) is 81.5. The van der Waals surface area contributed by atoms with Crippen LogP contribution in [-0.2, 0) is 65.4 Å². The zero-order valence-corrected chi connectivity index (χ0v) is 75.2. The molecule has 0 aliphatic carbocycles. The predicted molar refractivity (Wildman–Crippen MR) is 460 cm³/mol. The van der Waals surface area contributed by atoms with E-state index < -0.39 is 97.5 Å². The van der Waals surface area contributed by atoms with Crippen molar-refractivity contribution >= 4 is 39.5 Å². The van der Waals surface area contributed by atoms with E-state index in [9.17, 15) is 43.2 Å². The molecule has 5 atom stereocenters. The van der Waals surface area contributed by atoms with Crippen LogP contribution in [0.25, 0.3) is 0 Å². The van der Waals surface area contributed by atoms with Gasteiger partial charge in [-0.25, -0.2) is 9.13 Å². The number of carbonyl (C=O) groups excluding carboxylic acids is 4. The average Bonchev–Trinajstić information content (AvgIpc) is 0.898. The number of carbonyl (C=O) groups is 4. The van der Waals surface area contributed by atoms with E-state index in [4.69, 9.17) is 37.0 Å². The highest BCUT2D eigenvalue weighted by Gasteiger charge is 2.31. The monoisotopic (exact) mass is 1620 g/mol. The van der Waals surface area contributed by atoms with Crippen molar-refractivity contribution < 1.29 is 80.2 Å². The van der Waals surface area contributed by atoms with Gasteiger partial charge in [-0.2, -0.15) is 0 Å². The summed E-state index contributed by atoms with van der Waals surface area (Å²) in [6.07, 6.45) is 75.3. The highest BCUT2D eigenvalue weighted by atomic mass is 31.2. The Bertz CT molecular complexity index is 2130. The number of ether oxygens (including phenoxy) is 4. The van der Waals surface area contributed by atoms with Gasteiger partial charge in [0.05, 0.1) is 26.4 Å². The fourth-order valence-electron chi connectivity index (χ4n) is 14.4. The van der Waals surface area contributed by atoms with Crippen LogP contribution >= 0.6 is 15.6 Å². The molecule has 3 N–H and O–H groups in total. The summed E-state index contributed by atoms with van der Waals surface area (Å²) < 4.78 is 69.1. The van der Waals surface area contributed by atoms with E-state index in [0.717, 1.165) is 108 Å². The van der Waals surface area contributed by atoms with Crippen LogP contribution in [0, 0.1) is 17.8 Å². The van der Waals surface area contributed by atoms with Gasteiger partial charge in [-0.3, -0.25) is 37.3 Å². The maximum absolute atomic E-state index is 13.2. The summed E-state index contributed by atoms with van der Waals surface area (Å²) >= 11 is 0. The maximum atomic E-state index is 13.2. The quantitative estimate of drug-likeness (QED) is 0.0222. The lowest BCUT2D eigenvalue weighted by atomic mass is 10.0. The second-order valence-corrected chi connectivity index (χ2v) is 37.4. The van der Waals surface area contributed by atoms with Gasteiger partial charge >= 0.3 is 39.5 Å². The summed E-state index contributed by atoms with van der Waals surface area (Å²) in [5.74, 6) is 0.235. The first-order valence-electron chi connectivity index (χ1n) is 47.3. The standard InChI is InChI=1S/C92H180O17P2/c1-8-9-10-11-12-13-14-15-16-17-18-19-20-24-30-35-40-45-52-59-66-73-89(94)102-79-87(108-91(96)75-68-61-53-46-41-36-31-25-22-21-23-28-33-38-43-49-56-63-70-83(2)3)81-106-110(98,99)104-77-86(93)78-105-111(100,101)107-82-88(80-103-90(95)74-67-60-55-48-51-58-65-72-85(6)7)109-92(97)76-69-62-54-47-42-37-32-27-26-29-34-39-44-50-57-64-71-84(4)5/h83-88,93H,8-82H2,1-7H3,(H,98,99)(H,100,101)/t86-,87-,88-/m1/s1. The van der Waals surface area contributed by atoms with E-state index >= 15 is 0 Å². The summed E-state index contributed by atoms with van der Waals surface area (Å²) in [4.78, 5) is 73.4. The Morgan fingerprint density at radius 3 is 0.613 bits per heavy atom. The molecule has 0 aromatic heterocycles. The molecule has 0 radical (unpaired) electrons. The number of hydrogen-bond acceptors (Lipinski definition) is 15. The highest BCUT2D eigenvalue weighted by molar-refractivity contribution is 7.47. The Hall–Kier alpha value is -1.94. The molecule has 19 heteroatoms. The molecule has 660 valence electrons. The molecule has 0 aromatic carbocycles.